The predicted molar refractivity (Wildman–Crippen MR) is 66.1 cm³/mol. The van der Waals surface area contributed by atoms with Gasteiger partial charge in [-0.25, -0.2) is 4.79 Å². The molecule has 0 spiro atoms. The van der Waals surface area contributed by atoms with Gasteiger partial charge in [0.05, 0.1) is 5.92 Å². The number of anilines is 1. The highest BCUT2D eigenvalue weighted by molar-refractivity contribution is 5.91. The second-order valence-corrected chi connectivity index (χ2v) is 4.10. The summed E-state index contributed by atoms with van der Waals surface area (Å²) in [5.74, 6) is 1.16. The Hall–Kier alpha value is -2.48. The minimum atomic E-state index is -0.867. The van der Waals surface area contributed by atoms with Gasteiger partial charge in [0, 0.05) is 24.3 Å². The molecule has 0 aromatic heterocycles. The molecule has 0 unspecified atom stereocenters. The Morgan fingerprint density at radius 1 is 1.44 bits per heavy atom. The Kier molecular flexibility index (Phi) is 3.20. The molecule has 92 valence electrons. The quantitative estimate of drug-likeness (QED) is 0.768. The number of nitrogens with one attached hydrogen (secondary N) is 1. The van der Waals surface area contributed by atoms with Crippen LogP contribution in [0, 0.1) is 18.3 Å². The van der Waals surface area contributed by atoms with Crippen molar-refractivity contribution in [3.63, 3.8) is 0 Å². The molecular weight excluding hydrogens is 232 g/mol. The molecule has 0 saturated carbocycles. The molecule has 1 fully saturated rings. The largest absolute Gasteiger partial charge is 0.481 e. The fourth-order valence-corrected chi connectivity index (χ4v) is 1.69. The lowest BCUT2D eigenvalue weighted by atomic mass is 10.0. The molecule has 5 nitrogen and oxygen atoms in total. The maximum absolute atomic E-state index is 11.7. The van der Waals surface area contributed by atoms with Crippen molar-refractivity contribution in [3.05, 3.63) is 29.8 Å². The van der Waals surface area contributed by atoms with Gasteiger partial charge in [-0.15, -0.1) is 6.42 Å². The molecule has 1 saturated heterocycles. The first-order chi connectivity index (χ1) is 8.60. The molecule has 0 aliphatic carbocycles. The number of urea groups is 1. The fraction of sp³-hybridized carbons (Fsp3) is 0.231. The lowest BCUT2D eigenvalue weighted by Gasteiger charge is -2.36. The molecule has 0 atom stereocenters. The number of rotatable bonds is 2. The summed E-state index contributed by atoms with van der Waals surface area (Å²) in [5, 5.41) is 11.4. The minimum Gasteiger partial charge on any atom is -0.481 e. The van der Waals surface area contributed by atoms with Crippen LogP contribution in [-0.4, -0.2) is 35.1 Å². The van der Waals surface area contributed by atoms with Crippen molar-refractivity contribution < 1.29 is 14.7 Å². The maximum Gasteiger partial charge on any atom is 0.321 e. The highest BCUT2D eigenvalue weighted by Gasteiger charge is 2.35. The Bertz CT molecular complexity index is 527. The number of terminal acetylenes is 1. The van der Waals surface area contributed by atoms with Gasteiger partial charge in [0.15, 0.2) is 0 Å². The molecule has 1 aliphatic heterocycles. The van der Waals surface area contributed by atoms with Gasteiger partial charge in [-0.2, -0.15) is 0 Å². The summed E-state index contributed by atoms with van der Waals surface area (Å²) >= 11 is 0. The van der Waals surface area contributed by atoms with E-state index < -0.39 is 11.9 Å². The van der Waals surface area contributed by atoms with Crippen LogP contribution >= 0.6 is 0 Å². The molecule has 0 bridgehead atoms. The van der Waals surface area contributed by atoms with E-state index in [4.69, 9.17) is 11.5 Å². The van der Waals surface area contributed by atoms with Crippen molar-refractivity contribution in [2.45, 2.75) is 0 Å². The van der Waals surface area contributed by atoms with Gasteiger partial charge in [0.1, 0.15) is 0 Å². The van der Waals surface area contributed by atoms with Crippen LogP contribution in [0.25, 0.3) is 0 Å². The van der Waals surface area contributed by atoms with E-state index in [1.54, 1.807) is 24.3 Å². The smallest absolute Gasteiger partial charge is 0.321 e. The summed E-state index contributed by atoms with van der Waals surface area (Å²) in [6.45, 7) is 0.492. The highest BCUT2D eigenvalue weighted by Crippen LogP contribution is 2.18. The summed E-state index contributed by atoms with van der Waals surface area (Å²) in [6, 6.07) is 6.63. The molecule has 1 aromatic carbocycles. The van der Waals surface area contributed by atoms with Crippen LogP contribution in [0.5, 0.6) is 0 Å². The summed E-state index contributed by atoms with van der Waals surface area (Å²) in [6.07, 6.45) is 5.26. The number of amides is 2. The maximum atomic E-state index is 11.7. The Labute approximate surface area is 104 Å². The van der Waals surface area contributed by atoms with Crippen molar-refractivity contribution in [2.24, 2.45) is 5.92 Å². The number of aliphatic carboxylic acids is 1. The summed E-state index contributed by atoms with van der Waals surface area (Å²) in [4.78, 5) is 23.8. The number of nitrogens with zero attached hydrogens (tertiary/aromatic N) is 1. The van der Waals surface area contributed by atoms with Crippen LogP contribution in [0.2, 0.25) is 0 Å². The van der Waals surface area contributed by atoms with E-state index in [1.807, 2.05) is 0 Å². The van der Waals surface area contributed by atoms with Crippen molar-refractivity contribution in [3.8, 4) is 12.3 Å². The van der Waals surface area contributed by atoms with Crippen LogP contribution < -0.4 is 5.32 Å². The molecule has 2 N–H and O–H groups in total. The van der Waals surface area contributed by atoms with E-state index in [1.165, 1.54) is 4.90 Å². The molecule has 1 heterocycles. The number of benzene rings is 1. The van der Waals surface area contributed by atoms with Gasteiger partial charge in [-0.3, -0.25) is 4.79 Å². The van der Waals surface area contributed by atoms with Gasteiger partial charge in [0.25, 0.3) is 0 Å². The first-order valence-corrected chi connectivity index (χ1v) is 5.45. The normalized spacial score (nSPS) is 14.5. The van der Waals surface area contributed by atoms with Gasteiger partial charge in [-0.1, -0.05) is 12.0 Å². The van der Waals surface area contributed by atoms with Crippen LogP contribution in [0.15, 0.2) is 24.3 Å². The van der Waals surface area contributed by atoms with Gasteiger partial charge < -0.3 is 15.3 Å². The summed E-state index contributed by atoms with van der Waals surface area (Å²) in [7, 11) is 0. The molecule has 1 aromatic rings. The fourth-order valence-electron chi connectivity index (χ4n) is 1.69. The lowest BCUT2D eigenvalue weighted by molar-refractivity contribution is -0.145. The number of likely N-dealkylation sites (tertiary alicyclic amines) is 1. The Morgan fingerprint density at radius 2 is 2.17 bits per heavy atom. The SMILES string of the molecule is C#Cc1cccc(NC(=O)N2CC(C(=O)O)C2)c1. The zero-order chi connectivity index (χ0) is 13.1. The molecule has 5 heteroatoms. The topological polar surface area (TPSA) is 69.6 Å². The van der Waals surface area contributed by atoms with Crippen LogP contribution in [0.4, 0.5) is 10.5 Å². The monoisotopic (exact) mass is 244 g/mol. The molecule has 0 radical (unpaired) electrons. The number of hydrogen-bond donors (Lipinski definition) is 2. The van der Waals surface area contributed by atoms with Crippen molar-refractivity contribution in [2.75, 3.05) is 18.4 Å². The first-order valence-electron chi connectivity index (χ1n) is 5.45. The summed E-state index contributed by atoms with van der Waals surface area (Å²) < 4.78 is 0. The zero-order valence-electron chi connectivity index (χ0n) is 9.59. The molecule has 2 amide bonds. The zero-order valence-corrected chi connectivity index (χ0v) is 9.59. The Balaban J connectivity index is 1.93. The molecule has 1 aliphatic rings. The number of carbonyl (C=O) groups excluding carboxylic acids is 1. The summed E-state index contributed by atoms with van der Waals surface area (Å²) in [5.41, 5.74) is 1.29. The van der Waals surface area contributed by atoms with Gasteiger partial charge in [-0.05, 0) is 18.2 Å². The minimum absolute atomic E-state index is 0.246. The average molecular weight is 244 g/mol. The van der Waals surface area contributed by atoms with Crippen LogP contribution in [0.1, 0.15) is 5.56 Å². The second-order valence-electron chi connectivity index (χ2n) is 4.10. The van der Waals surface area contributed by atoms with Gasteiger partial charge >= 0.3 is 12.0 Å². The number of carboxylic acids is 1. The molecular formula is C13H12N2O3. The lowest BCUT2D eigenvalue weighted by Crippen LogP contribution is -2.54. The van der Waals surface area contributed by atoms with E-state index in [0.717, 1.165) is 0 Å². The third kappa shape index (κ3) is 2.43. The van der Waals surface area contributed by atoms with Crippen LogP contribution in [-0.2, 0) is 4.79 Å². The van der Waals surface area contributed by atoms with Crippen molar-refractivity contribution >= 4 is 17.7 Å². The van der Waals surface area contributed by atoms with E-state index in [9.17, 15) is 9.59 Å². The predicted octanol–water partition coefficient (Wildman–Crippen LogP) is 1.22. The standard InChI is InChI=1S/C13H12N2O3/c1-2-9-4-3-5-11(6-9)14-13(18)15-7-10(8-15)12(16)17/h1,3-6,10H,7-8H2,(H,14,18)(H,16,17). The second kappa shape index (κ2) is 4.80. The number of hydrogen-bond acceptors (Lipinski definition) is 2. The van der Waals surface area contributed by atoms with Crippen molar-refractivity contribution in [1.29, 1.82) is 0 Å². The van der Waals surface area contributed by atoms with Gasteiger partial charge in [0.2, 0.25) is 0 Å². The van der Waals surface area contributed by atoms with E-state index in [2.05, 4.69) is 11.2 Å². The van der Waals surface area contributed by atoms with E-state index >= 15 is 0 Å². The highest BCUT2D eigenvalue weighted by atomic mass is 16.4. The van der Waals surface area contributed by atoms with Crippen molar-refractivity contribution in [1.82, 2.24) is 4.90 Å². The Morgan fingerprint density at radius 3 is 2.78 bits per heavy atom. The number of carboxylic acid groups (broad SMARTS) is 1. The third-order valence-corrected chi connectivity index (χ3v) is 2.80. The molecule has 2 rings (SSSR count). The van der Waals surface area contributed by atoms with E-state index in [-0.39, 0.29) is 19.1 Å². The number of carbonyl (C=O) groups is 2. The van der Waals surface area contributed by atoms with Crippen LogP contribution in [0.3, 0.4) is 0 Å². The van der Waals surface area contributed by atoms with E-state index in [0.29, 0.717) is 11.3 Å². The molecule has 18 heavy (non-hydrogen) atoms. The third-order valence-electron chi connectivity index (χ3n) is 2.80. The average Bonchev–Trinajstić information content (AvgIpc) is 2.26. The first kappa shape index (κ1) is 12.0.